The van der Waals surface area contributed by atoms with Gasteiger partial charge in [-0.1, -0.05) is 6.07 Å². The van der Waals surface area contributed by atoms with Crippen LogP contribution in [0.5, 0.6) is 5.75 Å². The molecule has 21 heavy (non-hydrogen) atoms. The number of aryl methyl sites for hydroxylation is 1. The highest BCUT2D eigenvalue weighted by molar-refractivity contribution is 7.07. The summed E-state index contributed by atoms with van der Waals surface area (Å²) in [6.45, 7) is 2.19. The number of hydrogen-bond donors (Lipinski definition) is 0. The number of imidazole rings is 1. The van der Waals surface area contributed by atoms with E-state index in [0.717, 1.165) is 29.0 Å². The van der Waals surface area contributed by atoms with Crippen molar-refractivity contribution >= 4 is 34.0 Å². The van der Waals surface area contributed by atoms with Gasteiger partial charge in [-0.3, -0.25) is 0 Å². The number of benzene rings is 1. The van der Waals surface area contributed by atoms with Gasteiger partial charge in [0.1, 0.15) is 17.1 Å². The molecule has 0 radical (unpaired) electrons. The molecule has 0 saturated heterocycles. The molecule has 3 rings (SSSR count). The predicted octanol–water partition coefficient (Wildman–Crippen LogP) is 4.50. The molecule has 1 unspecified atom stereocenters. The van der Waals surface area contributed by atoms with Crippen molar-refractivity contribution < 1.29 is 4.74 Å². The highest BCUT2D eigenvalue weighted by Crippen LogP contribution is 2.31. The Morgan fingerprint density at radius 3 is 2.90 bits per heavy atom. The first-order valence-electron chi connectivity index (χ1n) is 6.88. The fourth-order valence-electron chi connectivity index (χ4n) is 2.66. The van der Waals surface area contributed by atoms with E-state index in [1.807, 2.05) is 12.1 Å². The van der Waals surface area contributed by atoms with Gasteiger partial charge >= 0.3 is 0 Å². The van der Waals surface area contributed by atoms with Crippen molar-refractivity contribution in [2.24, 2.45) is 0 Å². The third kappa shape index (κ3) is 2.54. The van der Waals surface area contributed by atoms with E-state index in [1.54, 1.807) is 18.4 Å². The second-order valence-corrected chi connectivity index (χ2v) is 6.06. The van der Waals surface area contributed by atoms with Crippen molar-refractivity contribution in [1.82, 2.24) is 9.55 Å². The molecule has 0 amide bonds. The number of nitrogens with zero attached hydrogens (tertiary/aromatic N) is 2. The number of hydrogen-bond acceptors (Lipinski definition) is 3. The van der Waals surface area contributed by atoms with Crippen LogP contribution in [0.25, 0.3) is 11.0 Å². The molecule has 0 saturated carbocycles. The minimum absolute atomic E-state index is 0.228. The first kappa shape index (κ1) is 14.4. The molecule has 0 aliphatic rings. The summed E-state index contributed by atoms with van der Waals surface area (Å²) in [4.78, 5) is 4.76. The maximum Gasteiger partial charge on any atom is 0.146 e. The molecule has 2 heterocycles. The van der Waals surface area contributed by atoms with Crippen LogP contribution in [0.2, 0.25) is 0 Å². The molecule has 1 atom stereocenters. The summed E-state index contributed by atoms with van der Waals surface area (Å²) >= 11 is 7.67. The summed E-state index contributed by atoms with van der Waals surface area (Å²) in [5, 5.41) is 4.29. The summed E-state index contributed by atoms with van der Waals surface area (Å²) in [6, 6.07) is 8.42. The van der Waals surface area contributed by atoms with Crippen LogP contribution in [0.1, 0.15) is 24.4 Å². The van der Waals surface area contributed by atoms with Gasteiger partial charge in [-0.05, 0) is 41.4 Å². The SMILES string of the molecule is COc1cccc2c1nc(CCCl)n2C(C)c1ccsc1. The van der Waals surface area contributed by atoms with Crippen molar-refractivity contribution in [3.05, 3.63) is 46.4 Å². The van der Waals surface area contributed by atoms with Gasteiger partial charge in [-0.15, -0.1) is 11.6 Å². The predicted molar refractivity (Wildman–Crippen MR) is 88.8 cm³/mol. The Morgan fingerprint density at radius 2 is 2.24 bits per heavy atom. The molecular formula is C16H17ClN2OS. The molecule has 3 nitrogen and oxygen atoms in total. The quantitative estimate of drug-likeness (QED) is 0.647. The highest BCUT2D eigenvalue weighted by atomic mass is 35.5. The number of aromatic nitrogens is 2. The maximum absolute atomic E-state index is 5.96. The third-order valence-electron chi connectivity index (χ3n) is 3.71. The first-order valence-corrected chi connectivity index (χ1v) is 8.36. The molecule has 0 aliphatic carbocycles. The summed E-state index contributed by atoms with van der Waals surface area (Å²) in [6.07, 6.45) is 0.744. The average Bonchev–Trinajstić information content (AvgIpc) is 3.14. The zero-order valence-electron chi connectivity index (χ0n) is 12.0. The Morgan fingerprint density at radius 1 is 1.38 bits per heavy atom. The maximum atomic E-state index is 5.96. The number of para-hydroxylation sites is 1. The van der Waals surface area contributed by atoms with E-state index in [0.29, 0.717) is 5.88 Å². The Hall–Kier alpha value is -1.52. The number of rotatable bonds is 5. The van der Waals surface area contributed by atoms with Gasteiger partial charge in [0.15, 0.2) is 0 Å². The Labute approximate surface area is 133 Å². The van der Waals surface area contributed by atoms with E-state index in [4.69, 9.17) is 21.3 Å². The lowest BCUT2D eigenvalue weighted by Gasteiger charge is -2.16. The summed E-state index contributed by atoms with van der Waals surface area (Å²) < 4.78 is 7.70. The fourth-order valence-corrected chi connectivity index (χ4v) is 3.57. The van der Waals surface area contributed by atoms with Crippen molar-refractivity contribution in [1.29, 1.82) is 0 Å². The number of ether oxygens (including phenoxy) is 1. The smallest absolute Gasteiger partial charge is 0.146 e. The largest absolute Gasteiger partial charge is 0.494 e. The second kappa shape index (κ2) is 6.08. The Balaban J connectivity index is 2.21. The summed E-state index contributed by atoms with van der Waals surface area (Å²) in [7, 11) is 1.68. The van der Waals surface area contributed by atoms with E-state index in [2.05, 4.69) is 34.4 Å². The molecular weight excluding hydrogens is 304 g/mol. The number of fused-ring (bicyclic) bond motifs is 1. The van der Waals surface area contributed by atoms with Crippen LogP contribution in [0.15, 0.2) is 35.0 Å². The zero-order chi connectivity index (χ0) is 14.8. The molecule has 1 aromatic carbocycles. The minimum Gasteiger partial charge on any atom is -0.494 e. The first-order chi connectivity index (χ1) is 10.3. The standard InChI is InChI=1S/C16H17ClN2OS/c1-11(12-7-9-21-10-12)19-13-4-3-5-14(20-2)16(13)18-15(19)6-8-17/h3-5,7,9-11H,6,8H2,1-2H3. The van der Waals surface area contributed by atoms with E-state index in [9.17, 15) is 0 Å². The number of thiophene rings is 1. The number of alkyl halides is 1. The average molecular weight is 321 g/mol. The molecule has 5 heteroatoms. The van der Waals surface area contributed by atoms with Gasteiger partial charge in [0.2, 0.25) is 0 Å². The van der Waals surface area contributed by atoms with Crippen molar-refractivity contribution in [3.8, 4) is 5.75 Å². The number of halogens is 1. The third-order valence-corrected chi connectivity index (χ3v) is 4.60. The normalized spacial score (nSPS) is 12.7. The van der Waals surface area contributed by atoms with E-state index in [-0.39, 0.29) is 6.04 Å². The van der Waals surface area contributed by atoms with Crippen LogP contribution in [-0.2, 0) is 6.42 Å². The van der Waals surface area contributed by atoms with Gasteiger partial charge in [-0.2, -0.15) is 11.3 Å². The zero-order valence-corrected chi connectivity index (χ0v) is 13.6. The highest BCUT2D eigenvalue weighted by Gasteiger charge is 2.19. The minimum atomic E-state index is 0.228. The summed E-state index contributed by atoms with van der Waals surface area (Å²) in [5.41, 5.74) is 3.29. The Kier molecular flexibility index (Phi) is 4.17. The second-order valence-electron chi connectivity index (χ2n) is 4.90. The van der Waals surface area contributed by atoms with E-state index in [1.165, 1.54) is 5.56 Å². The lowest BCUT2D eigenvalue weighted by Crippen LogP contribution is -2.10. The topological polar surface area (TPSA) is 27.1 Å². The molecule has 0 fully saturated rings. The Bertz CT molecular complexity index is 736. The van der Waals surface area contributed by atoms with Crippen molar-refractivity contribution in [2.45, 2.75) is 19.4 Å². The molecule has 2 aromatic heterocycles. The van der Waals surface area contributed by atoms with Gasteiger partial charge in [-0.25, -0.2) is 4.98 Å². The van der Waals surface area contributed by atoms with Gasteiger partial charge in [0.25, 0.3) is 0 Å². The number of methoxy groups -OCH3 is 1. The van der Waals surface area contributed by atoms with Crippen molar-refractivity contribution in [3.63, 3.8) is 0 Å². The van der Waals surface area contributed by atoms with Crippen LogP contribution < -0.4 is 4.74 Å². The monoisotopic (exact) mass is 320 g/mol. The van der Waals surface area contributed by atoms with Crippen LogP contribution in [0.4, 0.5) is 0 Å². The van der Waals surface area contributed by atoms with Gasteiger partial charge in [0.05, 0.1) is 18.7 Å². The molecule has 0 spiro atoms. The molecule has 0 bridgehead atoms. The van der Waals surface area contributed by atoms with Gasteiger partial charge < -0.3 is 9.30 Å². The van der Waals surface area contributed by atoms with Crippen LogP contribution in [0.3, 0.4) is 0 Å². The van der Waals surface area contributed by atoms with Crippen molar-refractivity contribution in [2.75, 3.05) is 13.0 Å². The van der Waals surface area contributed by atoms with E-state index >= 15 is 0 Å². The van der Waals surface area contributed by atoms with Crippen LogP contribution in [0, 0.1) is 0 Å². The summed E-state index contributed by atoms with van der Waals surface area (Å²) in [5.74, 6) is 2.37. The molecule has 110 valence electrons. The van der Waals surface area contributed by atoms with E-state index < -0.39 is 0 Å². The lowest BCUT2D eigenvalue weighted by atomic mass is 10.1. The fraction of sp³-hybridized carbons (Fsp3) is 0.312. The van der Waals surface area contributed by atoms with Gasteiger partial charge in [0, 0.05) is 12.3 Å². The lowest BCUT2D eigenvalue weighted by molar-refractivity contribution is 0.419. The molecule has 0 aliphatic heterocycles. The molecule has 0 N–H and O–H groups in total. The van der Waals surface area contributed by atoms with Crippen LogP contribution in [-0.4, -0.2) is 22.5 Å². The van der Waals surface area contributed by atoms with Crippen LogP contribution >= 0.6 is 22.9 Å². The molecule has 3 aromatic rings.